The standard InChI is InChI=1S/C15H20N6/c1-5-12-13(7-16)15(20-19-14(12)6-2)18-11-8-17-21(9-11)10(3)4/h8-10H,5-6H2,1-4H3,(H,18,20). The molecule has 0 saturated heterocycles. The molecule has 0 aliphatic rings. The molecule has 0 unspecified atom stereocenters. The first-order valence-electron chi connectivity index (χ1n) is 7.20. The van der Waals surface area contributed by atoms with Gasteiger partial charge in [0.25, 0.3) is 0 Å². The molecule has 0 radical (unpaired) electrons. The minimum absolute atomic E-state index is 0.288. The Morgan fingerprint density at radius 1 is 1.29 bits per heavy atom. The van der Waals surface area contributed by atoms with Crippen molar-refractivity contribution in [2.75, 3.05) is 5.32 Å². The fraction of sp³-hybridized carbons (Fsp3) is 0.467. The summed E-state index contributed by atoms with van der Waals surface area (Å²) in [6.45, 7) is 8.16. The first kappa shape index (κ1) is 15.0. The molecule has 6 nitrogen and oxygen atoms in total. The number of nitrogens with zero attached hydrogens (tertiary/aromatic N) is 5. The zero-order valence-corrected chi connectivity index (χ0v) is 12.9. The van der Waals surface area contributed by atoms with Crippen molar-refractivity contribution in [3.63, 3.8) is 0 Å². The Morgan fingerprint density at radius 2 is 2.05 bits per heavy atom. The highest BCUT2D eigenvalue weighted by Gasteiger charge is 2.15. The van der Waals surface area contributed by atoms with Crippen molar-refractivity contribution in [3.05, 3.63) is 29.2 Å². The maximum Gasteiger partial charge on any atom is 0.171 e. The second-order valence-electron chi connectivity index (χ2n) is 5.10. The van der Waals surface area contributed by atoms with Crippen molar-refractivity contribution < 1.29 is 0 Å². The zero-order valence-electron chi connectivity index (χ0n) is 12.9. The number of aromatic nitrogens is 4. The fourth-order valence-corrected chi connectivity index (χ4v) is 2.20. The first-order valence-corrected chi connectivity index (χ1v) is 7.20. The van der Waals surface area contributed by atoms with Crippen LogP contribution in [0.2, 0.25) is 0 Å². The van der Waals surface area contributed by atoms with E-state index in [1.54, 1.807) is 6.20 Å². The third-order valence-electron chi connectivity index (χ3n) is 3.35. The van der Waals surface area contributed by atoms with Gasteiger partial charge in [-0.25, -0.2) is 0 Å². The molecule has 110 valence electrons. The van der Waals surface area contributed by atoms with E-state index < -0.39 is 0 Å². The molecule has 0 spiro atoms. The Bertz CT molecular complexity index is 665. The van der Waals surface area contributed by atoms with E-state index in [-0.39, 0.29) is 6.04 Å². The number of rotatable bonds is 5. The van der Waals surface area contributed by atoms with Crippen molar-refractivity contribution in [2.24, 2.45) is 0 Å². The van der Waals surface area contributed by atoms with Gasteiger partial charge >= 0.3 is 0 Å². The first-order chi connectivity index (χ1) is 10.1. The van der Waals surface area contributed by atoms with Crippen molar-refractivity contribution >= 4 is 11.5 Å². The molecule has 0 amide bonds. The maximum atomic E-state index is 9.44. The van der Waals surface area contributed by atoms with Crippen LogP contribution in [0.25, 0.3) is 0 Å². The molecule has 0 bridgehead atoms. The van der Waals surface area contributed by atoms with E-state index in [0.717, 1.165) is 29.8 Å². The van der Waals surface area contributed by atoms with Gasteiger partial charge in [0, 0.05) is 12.2 Å². The quantitative estimate of drug-likeness (QED) is 0.913. The Morgan fingerprint density at radius 3 is 2.57 bits per heavy atom. The summed E-state index contributed by atoms with van der Waals surface area (Å²) in [5.41, 5.74) is 3.23. The molecular weight excluding hydrogens is 264 g/mol. The lowest BCUT2D eigenvalue weighted by Crippen LogP contribution is -2.07. The van der Waals surface area contributed by atoms with Gasteiger partial charge in [0.05, 0.1) is 17.6 Å². The third kappa shape index (κ3) is 3.02. The van der Waals surface area contributed by atoms with E-state index in [9.17, 15) is 5.26 Å². The lowest BCUT2D eigenvalue weighted by Gasteiger charge is -2.11. The van der Waals surface area contributed by atoms with Crippen LogP contribution in [0, 0.1) is 11.3 Å². The second kappa shape index (κ2) is 6.35. The van der Waals surface area contributed by atoms with Crippen LogP contribution >= 0.6 is 0 Å². The van der Waals surface area contributed by atoms with Crippen molar-refractivity contribution in [1.29, 1.82) is 5.26 Å². The van der Waals surface area contributed by atoms with Gasteiger partial charge in [-0.3, -0.25) is 4.68 Å². The number of nitriles is 1. The largest absolute Gasteiger partial charge is 0.335 e. The topological polar surface area (TPSA) is 79.4 Å². The van der Waals surface area contributed by atoms with Crippen LogP contribution in [-0.4, -0.2) is 20.0 Å². The zero-order chi connectivity index (χ0) is 15.4. The Labute approximate surface area is 124 Å². The van der Waals surface area contributed by atoms with Crippen LogP contribution < -0.4 is 5.32 Å². The summed E-state index contributed by atoms with van der Waals surface area (Å²) in [6, 6.07) is 2.54. The van der Waals surface area contributed by atoms with Gasteiger partial charge in [-0.1, -0.05) is 13.8 Å². The van der Waals surface area contributed by atoms with Crippen molar-refractivity contribution in [1.82, 2.24) is 20.0 Å². The molecule has 2 rings (SSSR count). The van der Waals surface area contributed by atoms with E-state index in [4.69, 9.17) is 0 Å². The van der Waals surface area contributed by atoms with Gasteiger partial charge in [0.15, 0.2) is 5.82 Å². The summed E-state index contributed by atoms with van der Waals surface area (Å²) < 4.78 is 1.85. The van der Waals surface area contributed by atoms with Gasteiger partial charge < -0.3 is 5.32 Å². The Balaban J connectivity index is 2.37. The molecule has 0 aromatic carbocycles. The van der Waals surface area contributed by atoms with Crippen molar-refractivity contribution in [3.8, 4) is 6.07 Å². The molecule has 0 atom stereocenters. The summed E-state index contributed by atoms with van der Waals surface area (Å²) >= 11 is 0. The molecular formula is C15H20N6. The minimum Gasteiger partial charge on any atom is -0.335 e. The average Bonchev–Trinajstić information content (AvgIpc) is 2.95. The number of hydrogen-bond acceptors (Lipinski definition) is 5. The molecule has 0 fully saturated rings. The number of aryl methyl sites for hydroxylation is 1. The van der Waals surface area contributed by atoms with Gasteiger partial charge in [0.2, 0.25) is 0 Å². The predicted octanol–water partition coefficient (Wildman–Crippen LogP) is 2.99. The molecule has 0 saturated carbocycles. The molecule has 2 aromatic rings. The summed E-state index contributed by atoms with van der Waals surface area (Å²) in [4.78, 5) is 0. The van der Waals surface area contributed by atoms with Gasteiger partial charge in [0.1, 0.15) is 11.6 Å². The van der Waals surface area contributed by atoms with Crippen LogP contribution in [0.4, 0.5) is 11.5 Å². The monoisotopic (exact) mass is 284 g/mol. The lowest BCUT2D eigenvalue weighted by atomic mass is 10.0. The van der Waals surface area contributed by atoms with E-state index in [1.165, 1.54) is 0 Å². The van der Waals surface area contributed by atoms with E-state index >= 15 is 0 Å². The molecule has 6 heteroatoms. The Hall–Kier alpha value is -2.42. The highest BCUT2D eigenvalue weighted by Crippen LogP contribution is 2.23. The summed E-state index contributed by atoms with van der Waals surface area (Å²) in [6.07, 6.45) is 5.16. The molecule has 1 N–H and O–H groups in total. The average molecular weight is 284 g/mol. The SMILES string of the molecule is CCc1nnc(Nc2cnn(C(C)C)c2)c(C#N)c1CC. The smallest absolute Gasteiger partial charge is 0.171 e. The highest BCUT2D eigenvalue weighted by atomic mass is 15.3. The number of hydrogen-bond donors (Lipinski definition) is 1. The van der Waals surface area contributed by atoms with Crippen LogP contribution in [0.15, 0.2) is 12.4 Å². The normalized spacial score (nSPS) is 10.7. The molecule has 2 heterocycles. The van der Waals surface area contributed by atoms with Gasteiger partial charge in [-0.2, -0.15) is 15.5 Å². The fourth-order valence-electron chi connectivity index (χ4n) is 2.20. The van der Waals surface area contributed by atoms with E-state index in [1.807, 2.05) is 24.7 Å². The second-order valence-corrected chi connectivity index (χ2v) is 5.10. The highest BCUT2D eigenvalue weighted by molar-refractivity contribution is 5.63. The van der Waals surface area contributed by atoms with E-state index in [2.05, 4.69) is 40.5 Å². The van der Waals surface area contributed by atoms with Crippen molar-refractivity contribution in [2.45, 2.75) is 46.6 Å². The van der Waals surface area contributed by atoms with Crippen LogP contribution in [-0.2, 0) is 12.8 Å². The molecule has 2 aromatic heterocycles. The maximum absolute atomic E-state index is 9.44. The number of nitrogens with one attached hydrogen (secondary N) is 1. The van der Waals surface area contributed by atoms with Gasteiger partial charge in [-0.15, -0.1) is 5.10 Å². The predicted molar refractivity (Wildman–Crippen MR) is 81.4 cm³/mol. The summed E-state index contributed by atoms with van der Waals surface area (Å²) in [5, 5.41) is 25.2. The summed E-state index contributed by atoms with van der Waals surface area (Å²) in [7, 11) is 0. The molecule has 0 aliphatic carbocycles. The van der Waals surface area contributed by atoms with Crippen LogP contribution in [0.1, 0.15) is 50.6 Å². The molecule has 0 aliphatic heterocycles. The van der Waals surface area contributed by atoms with Gasteiger partial charge in [-0.05, 0) is 32.3 Å². The van der Waals surface area contributed by atoms with Crippen LogP contribution in [0.5, 0.6) is 0 Å². The van der Waals surface area contributed by atoms with Crippen LogP contribution in [0.3, 0.4) is 0 Å². The summed E-state index contributed by atoms with van der Waals surface area (Å²) in [5.74, 6) is 0.495. The lowest BCUT2D eigenvalue weighted by molar-refractivity contribution is 0.532. The minimum atomic E-state index is 0.288. The number of anilines is 2. The third-order valence-corrected chi connectivity index (χ3v) is 3.35. The Kier molecular flexibility index (Phi) is 4.53. The van der Waals surface area contributed by atoms with E-state index in [0.29, 0.717) is 11.4 Å². The molecule has 21 heavy (non-hydrogen) atoms.